The molecule has 0 radical (unpaired) electrons. The second kappa shape index (κ2) is 71.8. The third kappa shape index (κ3) is 70.0. The number of ether oxygens (including phenoxy) is 3. The van der Waals surface area contributed by atoms with Crippen LogP contribution < -0.4 is 0 Å². The third-order valence-electron chi connectivity index (χ3n) is 16.8. The van der Waals surface area contributed by atoms with Crippen molar-refractivity contribution in [1.29, 1.82) is 0 Å². The summed E-state index contributed by atoms with van der Waals surface area (Å²) in [5.74, 6) is -0.855. The van der Waals surface area contributed by atoms with Crippen LogP contribution in [0.1, 0.15) is 406 Å². The van der Waals surface area contributed by atoms with Gasteiger partial charge in [0.15, 0.2) is 6.10 Å². The summed E-state index contributed by atoms with van der Waals surface area (Å²) in [6, 6.07) is 0. The first-order valence-electron chi connectivity index (χ1n) is 37.1. The minimum absolute atomic E-state index is 0.0718. The van der Waals surface area contributed by atoms with E-state index < -0.39 is 6.10 Å². The molecule has 0 aromatic carbocycles. The Bertz CT molecular complexity index is 1430. The smallest absolute Gasteiger partial charge is 0.306 e. The van der Waals surface area contributed by atoms with Crippen LogP contribution in [-0.4, -0.2) is 37.2 Å². The standard InChI is InChI=1S/C77H142O6/c1-4-7-10-13-16-19-22-25-27-29-30-31-32-33-34-35-36-37-38-39-40-41-42-43-44-45-46-48-49-52-55-58-61-64-67-70-76(79)82-73-74(72-81-75(78)69-66-63-60-57-54-51-24-21-18-15-12-9-6-3)83-77(80)71-68-65-62-59-56-53-50-47-28-26-23-20-17-14-11-8-5-2/h8,11,17,20,26,28-30,74H,4-7,9-10,12-16,18-19,21-25,27,31-73H2,1-3H3/b11-8-,20-17-,28-26-,30-29-. The normalized spacial score (nSPS) is 12.3. The lowest BCUT2D eigenvalue weighted by atomic mass is 10.0. The van der Waals surface area contributed by atoms with Crippen molar-refractivity contribution in [2.75, 3.05) is 13.2 Å². The fourth-order valence-electron chi connectivity index (χ4n) is 11.3. The molecular weight excluding hydrogens is 1020 g/mol. The van der Waals surface area contributed by atoms with Crippen molar-refractivity contribution in [1.82, 2.24) is 0 Å². The Balaban J connectivity index is 4.07. The molecule has 0 saturated carbocycles. The quantitative estimate of drug-likeness (QED) is 0.0261. The first-order valence-corrected chi connectivity index (χ1v) is 37.1. The summed E-state index contributed by atoms with van der Waals surface area (Å²) in [7, 11) is 0. The maximum Gasteiger partial charge on any atom is 0.306 e. The highest BCUT2D eigenvalue weighted by atomic mass is 16.6. The first-order chi connectivity index (χ1) is 41.0. The molecule has 0 aliphatic carbocycles. The lowest BCUT2D eigenvalue weighted by Crippen LogP contribution is -2.30. The van der Waals surface area contributed by atoms with E-state index in [9.17, 15) is 14.4 Å². The van der Waals surface area contributed by atoms with Gasteiger partial charge in [0.1, 0.15) is 13.2 Å². The molecule has 0 fully saturated rings. The molecule has 6 heteroatoms. The number of esters is 3. The lowest BCUT2D eigenvalue weighted by molar-refractivity contribution is -0.167. The van der Waals surface area contributed by atoms with E-state index in [2.05, 4.69) is 69.4 Å². The van der Waals surface area contributed by atoms with Crippen LogP contribution in [-0.2, 0) is 28.6 Å². The Kier molecular flexibility index (Phi) is 69.6. The SMILES string of the molecule is CC/C=C\C/C=C\C/C=C\CCCCCCCCCC(=O)OC(COC(=O)CCCCCCCCCCCCCCC)COC(=O)CCCCCCCCCCCCCCCCCCCCCCCCC/C=C\CCCCCCCCCC. The molecule has 6 nitrogen and oxygen atoms in total. The number of carbonyl (C=O) groups excluding carboxylic acids is 3. The van der Waals surface area contributed by atoms with Gasteiger partial charge in [0.25, 0.3) is 0 Å². The van der Waals surface area contributed by atoms with E-state index >= 15 is 0 Å². The van der Waals surface area contributed by atoms with E-state index in [4.69, 9.17) is 14.2 Å². The minimum atomic E-state index is -0.776. The molecule has 0 bridgehead atoms. The largest absolute Gasteiger partial charge is 0.462 e. The van der Waals surface area contributed by atoms with E-state index in [0.29, 0.717) is 19.3 Å². The van der Waals surface area contributed by atoms with Crippen LogP contribution in [0.5, 0.6) is 0 Å². The maximum atomic E-state index is 12.9. The molecule has 1 atom stereocenters. The summed E-state index contributed by atoms with van der Waals surface area (Å²) in [4.78, 5) is 38.4. The molecule has 0 amide bonds. The molecule has 0 rings (SSSR count). The highest BCUT2D eigenvalue weighted by Crippen LogP contribution is 2.19. The molecule has 83 heavy (non-hydrogen) atoms. The summed E-state index contributed by atoms with van der Waals surface area (Å²) in [5, 5.41) is 0. The van der Waals surface area contributed by atoms with E-state index in [1.54, 1.807) is 0 Å². The molecule has 0 N–H and O–H groups in total. The Labute approximate surface area is 518 Å². The van der Waals surface area contributed by atoms with Gasteiger partial charge >= 0.3 is 17.9 Å². The topological polar surface area (TPSA) is 78.9 Å². The summed E-state index contributed by atoms with van der Waals surface area (Å²) < 4.78 is 17.0. The van der Waals surface area contributed by atoms with Crippen molar-refractivity contribution in [3.63, 3.8) is 0 Å². The molecule has 0 aromatic heterocycles. The molecular formula is C77H142O6. The number of hydrogen-bond donors (Lipinski definition) is 0. The van der Waals surface area contributed by atoms with Crippen LogP contribution in [0.2, 0.25) is 0 Å². The second-order valence-electron chi connectivity index (χ2n) is 25.2. The van der Waals surface area contributed by atoms with Gasteiger partial charge in [-0.2, -0.15) is 0 Å². The van der Waals surface area contributed by atoms with Crippen LogP contribution >= 0.6 is 0 Å². The number of allylic oxidation sites excluding steroid dienone is 8. The average molecular weight is 1160 g/mol. The Morgan fingerprint density at radius 3 is 0.747 bits per heavy atom. The van der Waals surface area contributed by atoms with Crippen molar-refractivity contribution in [2.45, 2.75) is 412 Å². The molecule has 0 aliphatic rings. The highest BCUT2D eigenvalue weighted by molar-refractivity contribution is 5.71. The summed E-state index contributed by atoms with van der Waals surface area (Å²) in [6.45, 7) is 6.59. The predicted octanol–water partition coefficient (Wildman–Crippen LogP) is 25.7. The fourth-order valence-corrected chi connectivity index (χ4v) is 11.3. The van der Waals surface area contributed by atoms with Crippen LogP contribution in [0.15, 0.2) is 48.6 Å². The van der Waals surface area contributed by atoms with Gasteiger partial charge in [0.2, 0.25) is 0 Å². The van der Waals surface area contributed by atoms with Crippen molar-refractivity contribution < 1.29 is 28.6 Å². The van der Waals surface area contributed by atoms with Gasteiger partial charge in [-0.3, -0.25) is 14.4 Å². The Hall–Kier alpha value is -2.63. The van der Waals surface area contributed by atoms with Crippen molar-refractivity contribution >= 4 is 17.9 Å². The molecule has 1 unspecified atom stereocenters. The van der Waals surface area contributed by atoms with Gasteiger partial charge < -0.3 is 14.2 Å². The zero-order chi connectivity index (χ0) is 59.9. The third-order valence-corrected chi connectivity index (χ3v) is 16.8. The second-order valence-corrected chi connectivity index (χ2v) is 25.2. The fraction of sp³-hybridized carbons (Fsp3) is 0.857. The zero-order valence-electron chi connectivity index (χ0n) is 56.0. The number of rotatable bonds is 69. The summed E-state index contributed by atoms with van der Waals surface area (Å²) >= 11 is 0. The summed E-state index contributed by atoms with van der Waals surface area (Å²) in [5.41, 5.74) is 0. The maximum absolute atomic E-state index is 12.9. The van der Waals surface area contributed by atoms with Gasteiger partial charge in [-0.15, -0.1) is 0 Å². The predicted molar refractivity (Wildman–Crippen MR) is 362 cm³/mol. The van der Waals surface area contributed by atoms with Crippen LogP contribution in [0.4, 0.5) is 0 Å². The van der Waals surface area contributed by atoms with Crippen molar-refractivity contribution in [3.05, 3.63) is 48.6 Å². The highest BCUT2D eigenvalue weighted by Gasteiger charge is 2.20. The van der Waals surface area contributed by atoms with Crippen molar-refractivity contribution in [3.8, 4) is 0 Å². The van der Waals surface area contributed by atoms with Crippen molar-refractivity contribution in [2.24, 2.45) is 0 Å². The van der Waals surface area contributed by atoms with E-state index in [1.807, 2.05) is 0 Å². The molecule has 0 saturated heterocycles. The van der Waals surface area contributed by atoms with Gasteiger partial charge in [-0.25, -0.2) is 0 Å². The lowest BCUT2D eigenvalue weighted by Gasteiger charge is -2.18. The van der Waals surface area contributed by atoms with E-state index in [-0.39, 0.29) is 31.1 Å². The van der Waals surface area contributed by atoms with Gasteiger partial charge in [-0.1, -0.05) is 358 Å². The van der Waals surface area contributed by atoms with Crippen LogP contribution in [0.3, 0.4) is 0 Å². The molecule has 0 heterocycles. The molecule has 0 aromatic rings. The minimum Gasteiger partial charge on any atom is -0.462 e. The summed E-state index contributed by atoms with van der Waals surface area (Å²) in [6.07, 6.45) is 91.7. The van der Waals surface area contributed by atoms with Crippen LogP contribution in [0.25, 0.3) is 0 Å². The zero-order valence-corrected chi connectivity index (χ0v) is 56.0. The number of unbranched alkanes of at least 4 members (excludes halogenated alkanes) is 50. The molecule has 486 valence electrons. The average Bonchev–Trinajstić information content (AvgIpc) is 3.49. The molecule has 0 aliphatic heterocycles. The Morgan fingerprint density at radius 1 is 0.253 bits per heavy atom. The van der Waals surface area contributed by atoms with Gasteiger partial charge in [-0.05, 0) is 77.0 Å². The monoisotopic (exact) mass is 1160 g/mol. The molecule has 0 spiro atoms. The van der Waals surface area contributed by atoms with E-state index in [1.165, 1.54) is 283 Å². The van der Waals surface area contributed by atoms with E-state index in [0.717, 1.165) is 83.5 Å². The van der Waals surface area contributed by atoms with Gasteiger partial charge in [0.05, 0.1) is 0 Å². The van der Waals surface area contributed by atoms with Crippen LogP contribution in [0, 0.1) is 0 Å². The number of carbonyl (C=O) groups is 3. The Morgan fingerprint density at radius 2 is 0.470 bits per heavy atom. The number of hydrogen-bond acceptors (Lipinski definition) is 6. The first kappa shape index (κ1) is 80.4. The van der Waals surface area contributed by atoms with Gasteiger partial charge in [0, 0.05) is 19.3 Å².